The van der Waals surface area contributed by atoms with Crippen molar-refractivity contribution in [2.75, 3.05) is 0 Å². The molecular weight excluding hydrogens is 239 g/mol. The van der Waals surface area contributed by atoms with Gasteiger partial charge in [0.25, 0.3) is 0 Å². The first-order chi connectivity index (χ1) is 7.74. The highest BCUT2D eigenvalue weighted by molar-refractivity contribution is 6.30. The number of alkyl halides is 1. The van der Waals surface area contributed by atoms with Gasteiger partial charge in [0.2, 0.25) is 0 Å². The maximum atomic E-state index is 6.29. The Morgan fingerprint density at radius 1 is 1.06 bits per heavy atom. The first-order valence-corrected chi connectivity index (χ1v) is 6.94. The third-order valence-corrected chi connectivity index (χ3v) is 4.05. The van der Waals surface area contributed by atoms with Crippen molar-refractivity contribution in [1.29, 1.82) is 0 Å². The Morgan fingerprint density at radius 2 is 1.75 bits per heavy atom. The number of rotatable bonds is 2. The molecule has 88 valence electrons. The van der Waals surface area contributed by atoms with Crippen LogP contribution in [0.1, 0.15) is 37.7 Å². The lowest BCUT2D eigenvalue weighted by atomic mass is 9.92. The topological polar surface area (TPSA) is 0 Å². The molecule has 0 nitrogen and oxygen atoms in total. The van der Waals surface area contributed by atoms with Crippen LogP contribution in [0.4, 0.5) is 0 Å². The van der Waals surface area contributed by atoms with E-state index in [0.717, 1.165) is 17.4 Å². The second-order valence-corrected chi connectivity index (χ2v) is 5.87. The average molecular weight is 257 g/mol. The van der Waals surface area contributed by atoms with Gasteiger partial charge in [-0.3, -0.25) is 0 Å². The Bertz CT molecular complexity index is 318. The van der Waals surface area contributed by atoms with E-state index in [0.29, 0.717) is 5.38 Å². The van der Waals surface area contributed by atoms with E-state index in [4.69, 9.17) is 23.2 Å². The summed E-state index contributed by atoms with van der Waals surface area (Å²) in [5.41, 5.74) is 1.39. The Hall–Kier alpha value is -0.200. The summed E-state index contributed by atoms with van der Waals surface area (Å²) in [6, 6.07) is 8.23. The fraction of sp³-hybridized carbons (Fsp3) is 0.571. The quantitative estimate of drug-likeness (QED) is 0.512. The van der Waals surface area contributed by atoms with Gasteiger partial charge in [0.1, 0.15) is 0 Å². The van der Waals surface area contributed by atoms with E-state index in [2.05, 4.69) is 12.1 Å². The highest BCUT2D eigenvalue weighted by atomic mass is 35.5. The predicted octanol–water partition coefficient (Wildman–Crippen LogP) is 5.07. The third-order valence-electron chi connectivity index (χ3n) is 3.41. The van der Waals surface area contributed by atoms with Gasteiger partial charge in [0.15, 0.2) is 0 Å². The van der Waals surface area contributed by atoms with Gasteiger partial charge in [0.05, 0.1) is 0 Å². The van der Waals surface area contributed by atoms with Gasteiger partial charge < -0.3 is 0 Å². The minimum Gasteiger partial charge on any atom is -0.123 e. The molecule has 2 atom stereocenters. The standard InChI is InChI=1S/C14H18Cl2/c15-13-7-5-11(6-8-13)9-12-3-1-2-4-14(16)10-12/h5-8,12,14H,1-4,9-10H2. The molecule has 0 N–H and O–H groups in total. The second-order valence-electron chi connectivity index (χ2n) is 4.81. The number of hydrogen-bond acceptors (Lipinski definition) is 0. The Kier molecular flexibility index (Phi) is 4.55. The van der Waals surface area contributed by atoms with Crippen LogP contribution in [-0.4, -0.2) is 5.38 Å². The van der Waals surface area contributed by atoms with Crippen LogP contribution in [-0.2, 0) is 6.42 Å². The largest absolute Gasteiger partial charge is 0.123 e. The van der Waals surface area contributed by atoms with E-state index in [1.807, 2.05) is 12.1 Å². The van der Waals surface area contributed by atoms with E-state index >= 15 is 0 Å². The molecule has 1 aliphatic carbocycles. The van der Waals surface area contributed by atoms with E-state index in [1.165, 1.54) is 37.7 Å². The van der Waals surface area contributed by atoms with Crippen LogP contribution in [0, 0.1) is 5.92 Å². The van der Waals surface area contributed by atoms with Crippen LogP contribution in [0.5, 0.6) is 0 Å². The maximum Gasteiger partial charge on any atom is 0.0406 e. The molecule has 0 amide bonds. The van der Waals surface area contributed by atoms with Gasteiger partial charge in [-0.2, -0.15) is 0 Å². The number of benzene rings is 1. The van der Waals surface area contributed by atoms with Gasteiger partial charge in [-0.1, -0.05) is 43.0 Å². The van der Waals surface area contributed by atoms with Crippen molar-refractivity contribution in [2.45, 2.75) is 43.9 Å². The molecule has 0 saturated heterocycles. The Morgan fingerprint density at radius 3 is 2.50 bits per heavy atom. The lowest BCUT2D eigenvalue weighted by Gasteiger charge is -2.16. The Labute approximate surface area is 108 Å². The molecule has 1 aromatic rings. The normalized spacial score (nSPS) is 26.4. The maximum absolute atomic E-state index is 6.29. The van der Waals surface area contributed by atoms with E-state index < -0.39 is 0 Å². The van der Waals surface area contributed by atoms with Crippen molar-refractivity contribution in [3.8, 4) is 0 Å². The molecule has 0 aliphatic heterocycles. The third kappa shape index (κ3) is 3.68. The van der Waals surface area contributed by atoms with Crippen molar-refractivity contribution >= 4 is 23.2 Å². The van der Waals surface area contributed by atoms with Gasteiger partial charge in [-0.15, -0.1) is 11.6 Å². The summed E-state index contributed by atoms with van der Waals surface area (Å²) in [6.45, 7) is 0. The van der Waals surface area contributed by atoms with Crippen molar-refractivity contribution < 1.29 is 0 Å². The molecule has 0 heterocycles. The SMILES string of the molecule is Clc1ccc(CC2CCCCC(Cl)C2)cc1. The van der Waals surface area contributed by atoms with Crippen molar-refractivity contribution in [1.82, 2.24) is 0 Å². The summed E-state index contributed by atoms with van der Waals surface area (Å²) in [5, 5.41) is 1.21. The molecule has 0 bridgehead atoms. The molecule has 2 unspecified atom stereocenters. The van der Waals surface area contributed by atoms with Gasteiger partial charge in [0, 0.05) is 10.4 Å². The summed E-state index contributed by atoms with van der Waals surface area (Å²) < 4.78 is 0. The molecule has 0 radical (unpaired) electrons. The summed E-state index contributed by atoms with van der Waals surface area (Å²) in [5.74, 6) is 0.756. The molecule has 1 aromatic carbocycles. The van der Waals surface area contributed by atoms with Gasteiger partial charge in [-0.05, 0) is 42.9 Å². The Balaban J connectivity index is 1.95. The van der Waals surface area contributed by atoms with Crippen LogP contribution in [0.25, 0.3) is 0 Å². The molecule has 1 fully saturated rings. The van der Waals surface area contributed by atoms with E-state index in [1.54, 1.807) is 0 Å². The molecular formula is C14H18Cl2. The summed E-state index contributed by atoms with van der Waals surface area (Å²) in [7, 11) is 0. The molecule has 0 spiro atoms. The van der Waals surface area contributed by atoms with Gasteiger partial charge >= 0.3 is 0 Å². The van der Waals surface area contributed by atoms with E-state index in [9.17, 15) is 0 Å². The first-order valence-electron chi connectivity index (χ1n) is 6.12. The smallest absolute Gasteiger partial charge is 0.0406 e. The van der Waals surface area contributed by atoms with E-state index in [-0.39, 0.29) is 0 Å². The van der Waals surface area contributed by atoms with Crippen LogP contribution < -0.4 is 0 Å². The lowest BCUT2D eigenvalue weighted by molar-refractivity contribution is 0.460. The molecule has 1 aliphatic rings. The minimum atomic E-state index is 0.389. The molecule has 0 aromatic heterocycles. The molecule has 1 saturated carbocycles. The molecule has 2 rings (SSSR count). The van der Waals surface area contributed by atoms with Crippen molar-refractivity contribution in [3.63, 3.8) is 0 Å². The fourth-order valence-electron chi connectivity index (χ4n) is 2.54. The number of hydrogen-bond donors (Lipinski definition) is 0. The first kappa shape index (κ1) is 12.3. The van der Waals surface area contributed by atoms with Crippen LogP contribution in [0.15, 0.2) is 24.3 Å². The second kappa shape index (κ2) is 5.93. The lowest BCUT2D eigenvalue weighted by Crippen LogP contribution is -2.08. The number of halogens is 2. The zero-order chi connectivity index (χ0) is 11.4. The predicted molar refractivity (Wildman–Crippen MR) is 71.4 cm³/mol. The zero-order valence-corrected chi connectivity index (χ0v) is 11.0. The summed E-state index contributed by atoms with van der Waals surface area (Å²) in [6.07, 6.45) is 7.47. The van der Waals surface area contributed by atoms with Crippen LogP contribution >= 0.6 is 23.2 Å². The van der Waals surface area contributed by atoms with Crippen LogP contribution in [0.2, 0.25) is 5.02 Å². The monoisotopic (exact) mass is 256 g/mol. The van der Waals surface area contributed by atoms with Crippen molar-refractivity contribution in [2.24, 2.45) is 5.92 Å². The summed E-state index contributed by atoms with van der Waals surface area (Å²) in [4.78, 5) is 0. The fourth-order valence-corrected chi connectivity index (χ4v) is 3.07. The highest BCUT2D eigenvalue weighted by Crippen LogP contribution is 2.29. The summed E-state index contributed by atoms with van der Waals surface area (Å²) >= 11 is 12.2. The van der Waals surface area contributed by atoms with Gasteiger partial charge in [-0.25, -0.2) is 0 Å². The van der Waals surface area contributed by atoms with Crippen LogP contribution in [0.3, 0.4) is 0 Å². The average Bonchev–Trinajstić information content (AvgIpc) is 2.46. The van der Waals surface area contributed by atoms with Crippen molar-refractivity contribution in [3.05, 3.63) is 34.9 Å². The zero-order valence-electron chi connectivity index (χ0n) is 9.46. The minimum absolute atomic E-state index is 0.389. The highest BCUT2D eigenvalue weighted by Gasteiger charge is 2.18. The molecule has 2 heteroatoms. The molecule has 16 heavy (non-hydrogen) atoms.